The summed E-state index contributed by atoms with van der Waals surface area (Å²) in [5.41, 5.74) is 1.06. The van der Waals surface area contributed by atoms with Crippen LogP contribution in [0, 0.1) is 11.7 Å². The fourth-order valence-corrected chi connectivity index (χ4v) is 2.37. The molecule has 2 heterocycles. The van der Waals surface area contributed by atoms with E-state index in [2.05, 4.69) is 22.1 Å². The number of H-pyrrole nitrogens is 1. The van der Waals surface area contributed by atoms with Crippen LogP contribution in [0.25, 0.3) is 0 Å². The predicted molar refractivity (Wildman–Crippen MR) is 62.7 cm³/mol. The number of hydrogen-bond acceptors (Lipinski definition) is 4. The second-order valence-electron chi connectivity index (χ2n) is 3.27. The Morgan fingerprint density at radius 2 is 2.40 bits per heavy atom. The summed E-state index contributed by atoms with van der Waals surface area (Å²) in [4.78, 5) is 4.41. The molecule has 0 saturated heterocycles. The highest BCUT2D eigenvalue weighted by molar-refractivity contribution is 7.71. The van der Waals surface area contributed by atoms with Crippen LogP contribution in [-0.2, 0) is 13.0 Å². The van der Waals surface area contributed by atoms with E-state index in [1.807, 2.05) is 16.9 Å². The Morgan fingerprint density at radius 3 is 3.00 bits per heavy atom. The minimum atomic E-state index is 0.666. The van der Waals surface area contributed by atoms with Crippen molar-refractivity contribution in [3.05, 3.63) is 26.7 Å². The molecule has 0 radical (unpaired) electrons. The molecule has 0 aliphatic rings. The molecular weight excluding hydrogens is 228 g/mol. The summed E-state index contributed by atoms with van der Waals surface area (Å²) < 4.78 is 2.66. The summed E-state index contributed by atoms with van der Waals surface area (Å²) in [6, 6.07) is 0. The van der Waals surface area contributed by atoms with Gasteiger partial charge < -0.3 is 0 Å². The molecule has 2 aromatic rings. The zero-order chi connectivity index (χ0) is 10.8. The first-order valence-electron chi connectivity index (χ1n) is 4.75. The number of nitrogens with one attached hydrogen (secondary N) is 1. The quantitative estimate of drug-likeness (QED) is 0.837. The number of rotatable bonds is 3. The molecule has 1 N–H and O–H groups in total. The lowest BCUT2D eigenvalue weighted by Gasteiger charge is -2.01. The van der Waals surface area contributed by atoms with E-state index in [-0.39, 0.29) is 0 Å². The average molecular weight is 240 g/mol. The summed E-state index contributed by atoms with van der Waals surface area (Å²) in [7, 11) is 0. The van der Waals surface area contributed by atoms with Gasteiger partial charge in [-0.15, -0.1) is 11.3 Å². The fourth-order valence-electron chi connectivity index (χ4n) is 1.39. The molecule has 15 heavy (non-hydrogen) atoms. The molecular formula is C9H12N4S2. The van der Waals surface area contributed by atoms with Crippen molar-refractivity contribution in [3.63, 3.8) is 0 Å². The second-order valence-corrected chi connectivity index (χ2v) is 4.60. The number of nitrogens with zero attached hydrogens (tertiary/aromatic N) is 3. The third-order valence-electron chi connectivity index (χ3n) is 2.11. The summed E-state index contributed by atoms with van der Waals surface area (Å²) in [5.74, 6) is 0.979. The summed E-state index contributed by atoms with van der Waals surface area (Å²) in [5, 5.41) is 10.1. The Kier molecular flexibility index (Phi) is 2.97. The molecule has 0 spiro atoms. The first-order chi connectivity index (χ1) is 7.20. The van der Waals surface area contributed by atoms with Crippen LogP contribution in [-0.4, -0.2) is 19.7 Å². The van der Waals surface area contributed by atoms with Crippen LogP contribution in [0.2, 0.25) is 0 Å². The Bertz CT molecular complexity index is 508. The van der Waals surface area contributed by atoms with Crippen molar-refractivity contribution in [1.29, 1.82) is 0 Å². The van der Waals surface area contributed by atoms with Gasteiger partial charge in [0.1, 0.15) is 10.8 Å². The Hall–Kier alpha value is -1.01. The summed E-state index contributed by atoms with van der Waals surface area (Å²) in [6.45, 7) is 4.78. The topological polar surface area (TPSA) is 46.5 Å². The van der Waals surface area contributed by atoms with E-state index in [9.17, 15) is 0 Å². The molecule has 80 valence electrons. The monoisotopic (exact) mass is 240 g/mol. The van der Waals surface area contributed by atoms with Gasteiger partial charge in [0.2, 0.25) is 0 Å². The number of aromatic nitrogens is 4. The van der Waals surface area contributed by atoms with Crippen LogP contribution in [0.4, 0.5) is 0 Å². The number of aryl methyl sites for hydroxylation is 2. The summed E-state index contributed by atoms with van der Waals surface area (Å²) >= 11 is 6.82. The minimum absolute atomic E-state index is 0.666. The normalized spacial score (nSPS) is 10.8. The molecule has 0 unspecified atom stereocenters. The lowest BCUT2D eigenvalue weighted by Crippen LogP contribution is -2.04. The van der Waals surface area contributed by atoms with E-state index in [0.29, 0.717) is 4.77 Å². The van der Waals surface area contributed by atoms with Crippen LogP contribution in [0.15, 0.2) is 5.38 Å². The van der Waals surface area contributed by atoms with E-state index >= 15 is 0 Å². The fraction of sp³-hybridized carbons (Fsp3) is 0.444. The Balaban J connectivity index is 2.31. The van der Waals surface area contributed by atoms with Crippen LogP contribution in [0.3, 0.4) is 0 Å². The maximum Gasteiger partial charge on any atom is 0.195 e. The first-order valence-corrected chi connectivity index (χ1v) is 6.04. The van der Waals surface area contributed by atoms with Crippen LogP contribution in [0.5, 0.6) is 0 Å². The highest BCUT2D eigenvalue weighted by Gasteiger charge is 2.06. The third kappa shape index (κ3) is 2.15. The van der Waals surface area contributed by atoms with Crippen LogP contribution >= 0.6 is 23.6 Å². The maximum absolute atomic E-state index is 5.17. The van der Waals surface area contributed by atoms with E-state index in [1.54, 1.807) is 11.3 Å². The van der Waals surface area contributed by atoms with Crippen molar-refractivity contribution in [2.24, 2.45) is 0 Å². The SMILES string of the molecule is CCc1n[nH]c(=S)n1Cc1nc(C)cs1. The smallest absolute Gasteiger partial charge is 0.195 e. The molecule has 0 amide bonds. The van der Waals surface area contributed by atoms with Gasteiger partial charge >= 0.3 is 0 Å². The van der Waals surface area contributed by atoms with Crippen molar-refractivity contribution in [3.8, 4) is 0 Å². The van der Waals surface area contributed by atoms with Gasteiger partial charge in [0, 0.05) is 17.5 Å². The zero-order valence-corrected chi connectivity index (χ0v) is 10.3. The lowest BCUT2D eigenvalue weighted by atomic mass is 10.4. The van der Waals surface area contributed by atoms with Gasteiger partial charge in [-0.3, -0.25) is 9.67 Å². The van der Waals surface area contributed by atoms with Crippen molar-refractivity contribution in [2.75, 3.05) is 0 Å². The molecule has 0 fully saturated rings. The Morgan fingerprint density at radius 1 is 1.60 bits per heavy atom. The van der Waals surface area contributed by atoms with Gasteiger partial charge in [0.15, 0.2) is 4.77 Å². The van der Waals surface area contributed by atoms with Gasteiger partial charge in [-0.2, -0.15) is 5.10 Å². The number of aromatic amines is 1. The van der Waals surface area contributed by atoms with Crippen molar-refractivity contribution in [1.82, 2.24) is 19.7 Å². The molecule has 6 heteroatoms. The average Bonchev–Trinajstić information content (AvgIpc) is 2.76. The molecule has 0 saturated carbocycles. The minimum Gasteiger partial charge on any atom is -0.297 e. The van der Waals surface area contributed by atoms with E-state index in [1.165, 1.54) is 0 Å². The van der Waals surface area contributed by atoms with Crippen LogP contribution < -0.4 is 0 Å². The van der Waals surface area contributed by atoms with Gasteiger partial charge in [0.25, 0.3) is 0 Å². The molecule has 0 bridgehead atoms. The zero-order valence-electron chi connectivity index (χ0n) is 8.65. The van der Waals surface area contributed by atoms with E-state index in [4.69, 9.17) is 12.2 Å². The van der Waals surface area contributed by atoms with Crippen molar-refractivity contribution < 1.29 is 0 Å². The molecule has 2 aromatic heterocycles. The van der Waals surface area contributed by atoms with Gasteiger partial charge in [-0.25, -0.2) is 4.98 Å². The largest absolute Gasteiger partial charge is 0.297 e. The standard InChI is InChI=1S/C9H12N4S2/c1-3-7-11-12-9(14)13(7)4-8-10-6(2)5-15-8/h5H,3-4H2,1-2H3,(H,12,14). The van der Waals surface area contributed by atoms with Crippen molar-refractivity contribution in [2.45, 2.75) is 26.8 Å². The molecule has 0 aliphatic heterocycles. The van der Waals surface area contributed by atoms with Crippen molar-refractivity contribution >= 4 is 23.6 Å². The maximum atomic E-state index is 5.17. The molecule has 4 nitrogen and oxygen atoms in total. The molecule has 0 aliphatic carbocycles. The molecule has 0 aromatic carbocycles. The van der Waals surface area contributed by atoms with E-state index < -0.39 is 0 Å². The second kappa shape index (κ2) is 4.24. The van der Waals surface area contributed by atoms with Gasteiger partial charge in [-0.1, -0.05) is 6.92 Å². The third-order valence-corrected chi connectivity index (χ3v) is 3.38. The highest BCUT2D eigenvalue weighted by atomic mass is 32.1. The van der Waals surface area contributed by atoms with Gasteiger partial charge in [0.05, 0.1) is 6.54 Å². The summed E-state index contributed by atoms with van der Waals surface area (Å²) in [6.07, 6.45) is 0.873. The van der Waals surface area contributed by atoms with Gasteiger partial charge in [-0.05, 0) is 19.1 Å². The van der Waals surface area contributed by atoms with Crippen LogP contribution in [0.1, 0.15) is 23.4 Å². The number of thiazole rings is 1. The number of hydrogen-bond donors (Lipinski definition) is 1. The Labute approximate surface area is 97.0 Å². The molecule has 2 rings (SSSR count). The lowest BCUT2D eigenvalue weighted by molar-refractivity contribution is 0.719. The highest BCUT2D eigenvalue weighted by Crippen LogP contribution is 2.11. The van der Waals surface area contributed by atoms with E-state index in [0.717, 1.165) is 29.5 Å². The predicted octanol–water partition coefficient (Wildman–Crippen LogP) is 2.32. The first kappa shape index (κ1) is 10.5. The molecule has 0 atom stereocenters.